The van der Waals surface area contributed by atoms with Crippen molar-refractivity contribution >= 4 is 55.1 Å². The van der Waals surface area contributed by atoms with Gasteiger partial charge in [0.05, 0.1) is 15.6 Å². The van der Waals surface area contributed by atoms with Gasteiger partial charge in [0.25, 0.3) is 5.91 Å². The molecule has 0 unspecified atom stereocenters. The van der Waals surface area contributed by atoms with Crippen LogP contribution in [0.4, 0.5) is 0 Å². The van der Waals surface area contributed by atoms with Gasteiger partial charge in [-0.1, -0.05) is 63.8 Å². The molecule has 2 heterocycles. The van der Waals surface area contributed by atoms with E-state index in [1.807, 2.05) is 18.2 Å². The second-order valence-electron chi connectivity index (χ2n) is 8.39. The Morgan fingerprint density at radius 1 is 0.909 bits per heavy atom. The summed E-state index contributed by atoms with van der Waals surface area (Å²) in [5.74, 6) is -0.271. The van der Waals surface area contributed by atoms with E-state index in [1.54, 1.807) is 4.90 Å². The van der Waals surface area contributed by atoms with Gasteiger partial charge in [-0.3, -0.25) is 9.69 Å². The summed E-state index contributed by atoms with van der Waals surface area (Å²) in [4.78, 5) is 17.2. The highest BCUT2D eigenvalue weighted by molar-refractivity contribution is 9.10. The first-order valence-electron chi connectivity index (χ1n) is 11.0. The molecule has 6 nitrogen and oxygen atoms in total. The van der Waals surface area contributed by atoms with Crippen LogP contribution in [-0.2, 0) is 16.6 Å². The monoisotopic (exact) mass is 573 g/mol. The van der Waals surface area contributed by atoms with Crippen LogP contribution in [0.25, 0.3) is 0 Å². The normalized spacial score (nSPS) is 18.5. The number of piperidine rings is 1. The van der Waals surface area contributed by atoms with Crippen LogP contribution in [0, 0.1) is 0 Å². The number of sulfonamides is 1. The number of carbonyl (C=O) groups excluding carboxylic acids is 1. The van der Waals surface area contributed by atoms with Gasteiger partial charge < -0.3 is 4.90 Å². The van der Waals surface area contributed by atoms with E-state index in [2.05, 4.69) is 26.9 Å². The fraction of sp³-hybridized carbons (Fsp3) is 0.435. The average Bonchev–Trinajstić information content (AvgIpc) is 2.81. The molecule has 1 amide bonds. The predicted octanol–water partition coefficient (Wildman–Crippen LogP) is 4.89. The Morgan fingerprint density at radius 2 is 1.58 bits per heavy atom. The maximum absolute atomic E-state index is 13.3. The molecule has 0 atom stereocenters. The van der Waals surface area contributed by atoms with Gasteiger partial charge in [0.2, 0.25) is 10.0 Å². The van der Waals surface area contributed by atoms with E-state index < -0.39 is 10.0 Å². The summed E-state index contributed by atoms with van der Waals surface area (Å²) in [6, 6.07) is 10.8. The molecule has 33 heavy (non-hydrogen) atoms. The lowest BCUT2D eigenvalue weighted by atomic mass is 10.1. The number of rotatable bonds is 5. The van der Waals surface area contributed by atoms with E-state index in [0.29, 0.717) is 26.2 Å². The van der Waals surface area contributed by atoms with Crippen LogP contribution in [-0.4, -0.2) is 67.7 Å². The molecule has 0 saturated carbocycles. The van der Waals surface area contributed by atoms with E-state index in [0.717, 1.165) is 43.4 Å². The topological polar surface area (TPSA) is 60.9 Å². The number of amides is 1. The fourth-order valence-corrected chi connectivity index (χ4v) is 7.04. The summed E-state index contributed by atoms with van der Waals surface area (Å²) in [6.45, 7) is 4.23. The van der Waals surface area contributed by atoms with E-state index >= 15 is 0 Å². The third-order valence-corrected chi connectivity index (χ3v) is 9.65. The minimum atomic E-state index is -3.78. The van der Waals surface area contributed by atoms with Gasteiger partial charge in [-0.05, 0) is 36.6 Å². The number of hydrogen-bond acceptors (Lipinski definition) is 4. The zero-order chi connectivity index (χ0) is 23.6. The van der Waals surface area contributed by atoms with E-state index in [1.165, 1.54) is 22.0 Å². The third kappa shape index (κ3) is 5.57. The van der Waals surface area contributed by atoms with Gasteiger partial charge in [0.15, 0.2) is 0 Å². The van der Waals surface area contributed by atoms with Gasteiger partial charge in [-0.25, -0.2) is 8.42 Å². The summed E-state index contributed by atoms with van der Waals surface area (Å²) < 4.78 is 28.9. The van der Waals surface area contributed by atoms with Crippen molar-refractivity contribution in [2.45, 2.75) is 30.7 Å². The van der Waals surface area contributed by atoms with Crippen LogP contribution in [0.1, 0.15) is 35.2 Å². The summed E-state index contributed by atoms with van der Waals surface area (Å²) in [6.07, 6.45) is 2.65. The molecule has 178 valence electrons. The highest BCUT2D eigenvalue weighted by atomic mass is 79.9. The van der Waals surface area contributed by atoms with Crippen LogP contribution >= 0.6 is 39.1 Å². The zero-order valence-electron chi connectivity index (χ0n) is 18.1. The Balaban J connectivity index is 1.48. The van der Waals surface area contributed by atoms with Crippen molar-refractivity contribution < 1.29 is 13.2 Å². The van der Waals surface area contributed by atoms with Gasteiger partial charge in [-0.2, -0.15) is 4.31 Å². The van der Waals surface area contributed by atoms with E-state index in [-0.39, 0.29) is 26.4 Å². The number of nitrogens with zero attached hydrogens (tertiary/aromatic N) is 3. The van der Waals surface area contributed by atoms with E-state index in [9.17, 15) is 13.2 Å². The molecular weight excluding hydrogens is 549 g/mol. The summed E-state index contributed by atoms with van der Waals surface area (Å²) >= 11 is 16.2. The minimum absolute atomic E-state index is 0.0420. The Hall–Kier alpha value is -1.16. The molecule has 10 heteroatoms. The maximum atomic E-state index is 13.3. The number of benzene rings is 2. The van der Waals surface area contributed by atoms with Crippen LogP contribution in [0.5, 0.6) is 0 Å². The largest absolute Gasteiger partial charge is 0.336 e. The zero-order valence-corrected chi connectivity index (χ0v) is 22.1. The summed E-state index contributed by atoms with van der Waals surface area (Å²) in [5.41, 5.74) is 1.38. The molecule has 0 spiro atoms. The van der Waals surface area contributed by atoms with Crippen molar-refractivity contribution in [3.05, 3.63) is 62.0 Å². The molecular formula is C23H26BrCl2N3O3S. The Labute approximate surface area is 213 Å². The molecule has 0 aliphatic carbocycles. The highest BCUT2D eigenvalue weighted by Crippen LogP contribution is 2.32. The number of carbonyl (C=O) groups is 1. The standard InChI is InChI=1S/C23H26BrCl2N3O3S/c24-19-7-3-2-6-17(19)16-27-10-12-28(13-11-27)23(30)18-14-22(21(26)15-20(18)25)33(31,32)29-8-4-1-5-9-29/h2-3,6-7,14-15H,1,4-5,8-13,16H2. The molecule has 2 aliphatic rings. The highest BCUT2D eigenvalue weighted by Gasteiger charge is 2.31. The molecule has 2 fully saturated rings. The predicted molar refractivity (Wildman–Crippen MR) is 134 cm³/mol. The van der Waals surface area contributed by atoms with E-state index in [4.69, 9.17) is 23.2 Å². The van der Waals surface area contributed by atoms with Gasteiger partial charge in [0.1, 0.15) is 4.90 Å². The second-order valence-corrected chi connectivity index (χ2v) is 12.0. The quantitative estimate of drug-likeness (QED) is 0.510. The number of halogens is 3. The molecule has 0 radical (unpaired) electrons. The van der Waals surface area contributed by atoms with Gasteiger partial charge >= 0.3 is 0 Å². The molecule has 4 rings (SSSR count). The number of piperazine rings is 1. The van der Waals surface area contributed by atoms with Crippen molar-refractivity contribution in [1.82, 2.24) is 14.1 Å². The first-order valence-corrected chi connectivity index (χ1v) is 14.0. The molecule has 0 N–H and O–H groups in total. The second kappa shape index (κ2) is 10.6. The molecule has 2 aliphatic heterocycles. The van der Waals surface area contributed by atoms with Crippen LogP contribution < -0.4 is 0 Å². The van der Waals surface area contributed by atoms with Crippen molar-refractivity contribution in [1.29, 1.82) is 0 Å². The lowest BCUT2D eigenvalue weighted by Gasteiger charge is -2.35. The van der Waals surface area contributed by atoms with Gasteiger partial charge in [-0.15, -0.1) is 0 Å². The van der Waals surface area contributed by atoms with Crippen LogP contribution in [0.3, 0.4) is 0 Å². The van der Waals surface area contributed by atoms with Crippen molar-refractivity contribution in [2.24, 2.45) is 0 Å². The molecule has 0 aromatic heterocycles. The first-order chi connectivity index (χ1) is 15.8. The maximum Gasteiger partial charge on any atom is 0.255 e. The Kier molecular flexibility index (Phi) is 8.03. The average molecular weight is 575 g/mol. The first kappa shape index (κ1) is 24.9. The fourth-order valence-electron chi connectivity index (χ4n) is 4.28. The molecule has 2 aromatic rings. The Morgan fingerprint density at radius 3 is 2.24 bits per heavy atom. The Bertz CT molecular complexity index is 1130. The molecule has 2 aromatic carbocycles. The third-order valence-electron chi connectivity index (χ3n) is 6.20. The molecule has 0 bridgehead atoms. The molecule has 2 saturated heterocycles. The van der Waals surface area contributed by atoms with Crippen LogP contribution in [0.2, 0.25) is 10.0 Å². The smallest absolute Gasteiger partial charge is 0.255 e. The van der Waals surface area contributed by atoms with Crippen LogP contribution in [0.15, 0.2) is 45.8 Å². The number of hydrogen-bond donors (Lipinski definition) is 0. The summed E-state index contributed by atoms with van der Waals surface area (Å²) in [7, 11) is -3.78. The minimum Gasteiger partial charge on any atom is -0.336 e. The van der Waals surface area contributed by atoms with Gasteiger partial charge in [0, 0.05) is 50.3 Å². The van der Waals surface area contributed by atoms with Crippen molar-refractivity contribution in [3.63, 3.8) is 0 Å². The van der Waals surface area contributed by atoms with Crippen molar-refractivity contribution in [2.75, 3.05) is 39.3 Å². The lowest BCUT2D eigenvalue weighted by molar-refractivity contribution is 0.0628. The SMILES string of the molecule is O=C(c1cc(S(=O)(=O)N2CCCCC2)c(Cl)cc1Cl)N1CCN(Cc2ccccc2Br)CC1. The summed E-state index contributed by atoms with van der Waals surface area (Å²) in [5, 5.41) is 0.207. The lowest BCUT2D eigenvalue weighted by Crippen LogP contribution is -2.48. The van der Waals surface area contributed by atoms with Crippen molar-refractivity contribution in [3.8, 4) is 0 Å².